The SMILES string of the molecule is Cc1ccc(OCC(=O)N(Cc2ccc(Cl)c(Cl)c2)C(Cc2ccccc2)C(=O)NC2CCCC2)c(C)c1. The predicted octanol–water partition coefficient (Wildman–Crippen LogP) is 6.69. The molecule has 5 nitrogen and oxygen atoms in total. The van der Waals surface area contributed by atoms with E-state index in [-0.39, 0.29) is 31.0 Å². The van der Waals surface area contributed by atoms with E-state index in [0.29, 0.717) is 22.2 Å². The number of rotatable bonds is 10. The highest BCUT2D eigenvalue weighted by molar-refractivity contribution is 6.42. The second-order valence-electron chi connectivity index (χ2n) is 10.0. The molecule has 0 aromatic heterocycles. The van der Waals surface area contributed by atoms with Gasteiger partial charge in [0.05, 0.1) is 10.0 Å². The first-order valence-corrected chi connectivity index (χ1v) is 13.8. The van der Waals surface area contributed by atoms with Gasteiger partial charge in [-0.1, -0.05) is 90.1 Å². The normalized spacial score (nSPS) is 14.2. The Balaban J connectivity index is 1.63. The van der Waals surface area contributed by atoms with E-state index in [1.54, 1.807) is 17.0 Å². The van der Waals surface area contributed by atoms with Gasteiger partial charge in [0.25, 0.3) is 5.91 Å². The fraction of sp³-hybridized carbons (Fsp3) is 0.355. The topological polar surface area (TPSA) is 58.6 Å². The molecule has 7 heteroatoms. The van der Waals surface area contributed by atoms with Crippen LogP contribution in [0.3, 0.4) is 0 Å². The third-order valence-electron chi connectivity index (χ3n) is 6.99. The summed E-state index contributed by atoms with van der Waals surface area (Å²) in [5.74, 6) is 0.215. The number of hydrogen-bond acceptors (Lipinski definition) is 3. The third kappa shape index (κ3) is 7.52. The summed E-state index contributed by atoms with van der Waals surface area (Å²) in [6, 6.07) is 20.3. The zero-order valence-electron chi connectivity index (χ0n) is 21.9. The van der Waals surface area contributed by atoms with Gasteiger partial charge in [0, 0.05) is 19.0 Å². The molecule has 2 amide bonds. The van der Waals surface area contributed by atoms with Crippen LogP contribution in [0.1, 0.15) is 47.9 Å². The van der Waals surface area contributed by atoms with Crippen molar-refractivity contribution in [2.75, 3.05) is 6.61 Å². The van der Waals surface area contributed by atoms with Crippen LogP contribution in [0.2, 0.25) is 10.0 Å². The number of halogens is 2. The lowest BCUT2D eigenvalue weighted by Crippen LogP contribution is -2.53. The first kappa shape index (κ1) is 28.0. The van der Waals surface area contributed by atoms with Crippen molar-refractivity contribution >= 4 is 35.0 Å². The van der Waals surface area contributed by atoms with Crippen LogP contribution in [0.25, 0.3) is 0 Å². The number of nitrogens with one attached hydrogen (secondary N) is 1. The lowest BCUT2D eigenvalue weighted by molar-refractivity contribution is -0.143. The van der Waals surface area contributed by atoms with Crippen LogP contribution in [0, 0.1) is 13.8 Å². The highest BCUT2D eigenvalue weighted by Crippen LogP contribution is 2.25. The molecule has 38 heavy (non-hydrogen) atoms. The summed E-state index contributed by atoms with van der Waals surface area (Å²) in [6.45, 7) is 3.97. The number of hydrogen-bond donors (Lipinski definition) is 1. The number of amides is 2. The van der Waals surface area contributed by atoms with Crippen LogP contribution >= 0.6 is 23.2 Å². The highest BCUT2D eigenvalue weighted by Gasteiger charge is 2.32. The highest BCUT2D eigenvalue weighted by atomic mass is 35.5. The zero-order valence-corrected chi connectivity index (χ0v) is 23.4. The first-order valence-electron chi connectivity index (χ1n) is 13.1. The van der Waals surface area contributed by atoms with Crippen molar-refractivity contribution in [3.8, 4) is 5.75 Å². The van der Waals surface area contributed by atoms with E-state index in [1.165, 1.54) is 0 Å². The molecule has 1 N–H and O–H groups in total. The Morgan fingerprint density at radius 1 is 0.947 bits per heavy atom. The van der Waals surface area contributed by atoms with E-state index in [4.69, 9.17) is 27.9 Å². The standard InChI is InChI=1S/C31H34Cl2N2O3/c1-21-12-15-29(22(2)16-21)38-20-30(36)35(19-24-13-14-26(32)27(33)17-24)28(18-23-8-4-3-5-9-23)31(37)34-25-10-6-7-11-25/h3-5,8-9,12-17,25,28H,6-7,10-11,18-20H2,1-2H3,(H,34,37). The molecule has 3 aromatic rings. The summed E-state index contributed by atoms with van der Waals surface area (Å²) < 4.78 is 5.96. The molecule has 0 saturated heterocycles. The molecule has 1 fully saturated rings. The van der Waals surface area contributed by atoms with E-state index in [2.05, 4.69) is 5.32 Å². The van der Waals surface area contributed by atoms with Crippen molar-refractivity contribution in [1.82, 2.24) is 10.2 Å². The van der Waals surface area contributed by atoms with Gasteiger partial charge in [-0.15, -0.1) is 0 Å². The molecular weight excluding hydrogens is 519 g/mol. The van der Waals surface area contributed by atoms with Crippen molar-refractivity contribution in [1.29, 1.82) is 0 Å². The van der Waals surface area contributed by atoms with E-state index < -0.39 is 6.04 Å². The maximum atomic E-state index is 13.8. The summed E-state index contributed by atoms with van der Waals surface area (Å²) >= 11 is 12.4. The Kier molecular flexibility index (Phi) is 9.70. The summed E-state index contributed by atoms with van der Waals surface area (Å²) in [7, 11) is 0. The van der Waals surface area contributed by atoms with E-state index >= 15 is 0 Å². The van der Waals surface area contributed by atoms with Crippen molar-refractivity contribution in [3.63, 3.8) is 0 Å². The molecule has 0 bridgehead atoms. The first-order chi connectivity index (χ1) is 18.3. The fourth-order valence-electron chi connectivity index (χ4n) is 4.94. The number of nitrogens with zero attached hydrogens (tertiary/aromatic N) is 1. The molecule has 1 unspecified atom stereocenters. The fourth-order valence-corrected chi connectivity index (χ4v) is 5.26. The molecule has 0 aliphatic heterocycles. The minimum absolute atomic E-state index is 0.133. The van der Waals surface area contributed by atoms with Crippen molar-refractivity contribution in [3.05, 3.63) is 99.0 Å². The van der Waals surface area contributed by atoms with Crippen LogP contribution in [0.5, 0.6) is 5.75 Å². The van der Waals surface area contributed by atoms with Crippen molar-refractivity contribution in [2.45, 2.75) is 64.6 Å². The van der Waals surface area contributed by atoms with Crippen LogP contribution in [-0.4, -0.2) is 35.4 Å². The smallest absolute Gasteiger partial charge is 0.261 e. The van der Waals surface area contributed by atoms with Gasteiger partial charge in [-0.25, -0.2) is 0 Å². The number of carbonyl (C=O) groups excluding carboxylic acids is 2. The molecule has 200 valence electrons. The Morgan fingerprint density at radius 3 is 2.37 bits per heavy atom. The van der Waals surface area contributed by atoms with Crippen LogP contribution in [-0.2, 0) is 22.6 Å². The lowest BCUT2D eigenvalue weighted by atomic mass is 10.0. The molecule has 0 heterocycles. The largest absolute Gasteiger partial charge is 0.483 e. The summed E-state index contributed by atoms with van der Waals surface area (Å²) in [5, 5.41) is 4.05. The second-order valence-corrected chi connectivity index (χ2v) is 10.8. The maximum absolute atomic E-state index is 13.8. The van der Waals surface area contributed by atoms with Gasteiger partial charge in [0.15, 0.2) is 6.61 Å². The van der Waals surface area contributed by atoms with Gasteiger partial charge >= 0.3 is 0 Å². The Hall–Kier alpha value is -3.02. The van der Waals surface area contributed by atoms with Gasteiger partial charge < -0.3 is 15.0 Å². The lowest BCUT2D eigenvalue weighted by Gasteiger charge is -2.32. The average Bonchev–Trinajstić information content (AvgIpc) is 3.41. The van der Waals surface area contributed by atoms with Gasteiger partial charge in [-0.2, -0.15) is 0 Å². The van der Waals surface area contributed by atoms with Gasteiger partial charge in [-0.05, 0) is 61.6 Å². The van der Waals surface area contributed by atoms with Crippen LogP contribution < -0.4 is 10.1 Å². The minimum atomic E-state index is -0.720. The van der Waals surface area contributed by atoms with Gasteiger partial charge in [0.2, 0.25) is 5.91 Å². The van der Waals surface area contributed by atoms with Crippen molar-refractivity contribution < 1.29 is 14.3 Å². The molecular formula is C31H34Cl2N2O3. The number of aryl methyl sites for hydroxylation is 2. The second kappa shape index (κ2) is 13.2. The molecule has 0 radical (unpaired) electrons. The quantitative estimate of drug-likeness (QED) is 0.305. The molecule has 1 aliphatic rings. The van der Waals surface area contributed by atoms with E-state index in [0.717, 1.165) is 47.9 Å². The predicted molar refractivity (Wildman–Crippen MR) is 153 cm³/mol. The average molecular weight is 554 g/mol. The zero-order chi connectivity index (χ0) is 27.1. The molecule has 0 spiro atoms. The Morgan fingerprint density at radius 2 is 1.68 bits per heavy atom. The van der Waals surface area contributed by atoms with Crippen LogP contribution in [0.4, 0.5) is 0 Å². The molecule has 1 aliphatic carbocycles. The number of benzene rings is 3. The summed E-state index contributed by atoms with van der Waals surface area (Å²) in [5.41, 5.74) is 3.83. The Labute approximate surface area is 235 Å². The number of carbonyl (C=O) groups is 2. The van der Waals surface area contributed by atoms with E-state index in [1.807, 2.05) is 68.4 Å². The summed E-state index contributed by atoms with van der Waals surface area (Å²) in [6.07, 6.45) is 4.50. The minimum Gasteiger partial charge on any atom is -0.483 e. The number of ether oxygens (including phenoxy) is 1. The Bertz CT molecular complexity index is 1260. The van der Waals surface area contributed by atoms with E-state index in [9.17, 15) is 9.59 Å². The van der Waals surface area contributed by atoms with Gasteiger partial charge in [-0.3, -0.25) is 9.59 Å². The van der Waals surface area contributed by atoms with Crippen molar-refractivity contribution in [2.24, 2.45) is 0 Å². The van der Waals surface area contributed by atoms with Gasteiger partial charge in [0.1, 0.15) is 11.8 Å². The van der Waals surface area contributed by atoms with Crippen LogP contribution in [0.15, 0.2) is 66.7 Å². The monoisotopic (exact) mass is 552 g/mol. The molecule has 1 saturated carbocycles. The third-order valence-corrected chi connectivity index (χ3v) is 7.73. The molecule has 3 aromatic carbocycles. The maximum Gasteiger partial charge on any atom is 0.261 e. The molecule has 1 atom stereocenters. The summed E-state index contributed by atoms with van der Waals surface area (Å²) in [4.78, 5) is 29.1. The molecule has 4 rings (SSSR count).